The summed E-state index contributed by atoms with van der Waals surface area (Å²) in [5.41, 5.74) is 1.09. The van der Waals surface area contributed by atoms with Crippen LogP contribution in [0.15, 0.2) is 42.9 Å². The van der Waals surface area contributed by atoms with E-state index in [2.05, 4.69) is 15.3 Å². The maximum atomic E-state index is 12.9. The van der Waals surface area contributed by atoms with E-state index in [1.807, 2.05) is 13.8 Å². The molecule has 1 fully saturated rings. The molecule has 7 nitrogen and oxygen atoms in total. The molecule has 0 spiro atoms. The van der Waals surface area contributed by atoms with Crippen LogP contribution < -0.4 is 5.32 Å². The number of para-hydroxylation sites is 1. The summed E-state index contributed by atoms with van der Waals surface area (Å²) >= 11 is 0. The van der Waals surface area contributed by atoms with E-state index < -0.39 is 5.91 Å². The molecule has 1 aliphatic rings. The van der Waals surface area contributed by atoms with Gasteiger partial charge in [0.1, 0.15) is 5.69 Å². The number of ether oxygens (including phenoxy) is 1. The second-order valence-electron chi connectivity index (χ2n) is 6.06. The SMILES string of the molecule is CC1CN(C(=O)c2ccccc2NC(=O)c2cnccn2)CC(C)O1. The quantitative estimate of drug-likeness (QED) is 0.923. The molecule has 1 aromatic heterocycles. The van der Waals surface area contributed by atoms with Crippen LogP contribution in [0.3, 0.4) is 0 Å². The Bertz CT molecular complexity index is 756. The first-order valence-electron chi connectivity index (χ1n) is 8.15. The molecule has 2 unspecified atom stereocenters. The van der Waals surface area contributed by atoms with Crippen molar-refractivity contribution >= 4 is 17.5 Å². The number of aromatic nitrogens is 2. The Hall–Kier alpha value is -2.80. The number of nitrogens with one attached hydrogen (secondary N) is 1. The molecule has 1 aliphatic heterocycles. The zero-order valence-corrected chi connectivity index (χ0v) is 14.2. The van der Waals surface area contributed by atoms with Crippen molar-refractivity contribution in [2.24, 2.45) is 0 Å². The monoisotopic (exact) mass is 340 g/mol. The number of carbonyl (C=O) groups is 2. The van der Waals surface area contributed by atoms with Crippen molar-refractivity contribution in [2.45, 2.75) is 26.1 Å². The van der Waals surface area contributed by atoms with Crippen LogP contribution >= 0.6 is 0 Å². The summed E-state index contributed by atoms with van der Waals surface area (Å²) in [6, 6.07) is 6.96. The minimum absolute atomic E-state index is 0.0194. The van der Waals surface area contributed by atoms with Crippen molar-refractivity contribution in [3.8, 4) is 0 Å². The van der Waals surface area contributed by atoms with E-state index in [4.69, 9.17) is 4.74 Å². The number of anilines is 1. The van der Waals surface area contributed by atoms with Crippen LogP contribution in [-0.4, -0.2) is 52.0 Å². The number of rotatable bonds is 3. The molecular formula is C18H20N4O3. The van der Waals surface area contributed by atoms with Crippen molar-refractivity contribution in [1.82, 2.24) is 14.9 Å². The molecule has 1 N–H and O–H groups in total. The van der Waals surface area contributed by atoms with Gasteiger partial charge in [0.05, 0.1) is 29.7 Å². The van der Waals surface area contributed by atoms with Gasteiger partial charge in [0, 0.05) is 25.5 Å². The van der Waals surface area contributed by atoms with E-state index in [1.165, 1.54) is 18.6 Å². The summed E-state index contributed by atoms with van der Waals surface area (Å²) in [6.07, 6.45) is 4.28. The molecule has 1 aromatic carbocycles. The first kappa shape index (κ1) is 17.0. The molecule has 1 saturated heterocycles. The van der Waals surface area contributed by atoms with Gasteiger partial charge in [0.2, 0.25) is 0 Å². The maximum absolute atomic E-state index is 12.9. The molecule has 2 atom stereocenters. The summed E-state index contributed by atoms with van der Waals surface area (Å²) in [5, 5.41) is 2.75. The lowest BCUT2D eigenvalue weighted by molar-refractivity contribution is -0.0585. The van der Waals surface area contributed by atoms with Crippen molar-refractivity contribution in [3.05, 3.63) is 54.1 Å². The summed E-state index contributed by atoms with van der Waals surface area (Å²) in [6.45, 7) is 4.93. The van der Waals surface area contributed by atoms with Gasteiger partial charge in [-0.1, -0.05) is 12.1 Å². The Morgan fingerprint density at radius 3 is 2.56 bits per heavy atom. The molecule has 7 heteroatoms. The van der Waals surface area contributed by atoms with Crippen molar-refractivity contribution in [2.75, 3.05) is 18.4 Å². The zero-order valence-electron chi connectivity index (χ0n) is 14.2. The molecule has 130 valence electrons. The van der Waals surface area contributed by atoms with Crippen LogP contribution in [0.2, 0.25) is 0 Å². The zero-order chi connectivity index (χ0) is 17.8. The van der Waals surface area contributed by atoms with Gasteiger partial charge in [-0.05, 0) is 26.0 Å². The number of nitrogens with zero attached hydrogens (tertiary/aromatic N) is 3. The Labute approximate surface area is 146 Å². The van der Waals surface area contributed by atoms with Crippen molar-refractivity contribution in [3.63, 3.8) is 0 Å². The Morgan fingerprint density at radius 1 is 1.16 bits per heavy atom. The van der Waals surface area contributed by atoms with Gasteiger partial charge in [0.15, 0.2) is 0 Å². The van der Waals surface area contributed by atoms with Crippen molar-refractivity contribution in [1.29, 1.82) is 0 Å². The second-order valence-corrected chi connectivity index (χ2v) is 6.06. The summed E-state index contributed by atoms with van der Waals surface area (Å²) in [5.74, 6) is -0.533. The fourth-order valence-corrected chi connectivity index (χ4v) is 2.90. The van der Waals surface area contributed by atoms with Crippen LogP contribution in [0.25, 0.3) is 0 Å². The highest BCUT2D eigenvalue weighted by Crippen LogP contribution is 2.21. The molecule has 0 saturated carbocycles. The first-order chi connectivity index (χ1) is 12.0. The van der Waals surface area contributed by atoms with Gasteiger partial charge in [-0.15, -0.1) is 0 Å². The molecular weight excluding hydrogens is 320 g/mol. The van der Waals surface area contributed by atoms with E-state index in [1.54, 1.807) is 29.2 Å². The third kappa shape index (κ3) is 4.00. The Kier molecular flexibility index (Phi) is 5.04. The maximum Gasteiger partial charge on any atom is 0.275 e. The highest BCUT2D eigenvalue weighted by Gasteiger charge is 2.28. The smallest absolute Gasteiger partial charge is 0.275 e. The molecule has 25 heavy (non-hydrogen) atoms. The fraction of sp³-hybridized carbons (Fsp3) is 0.333. The van der Waals surface area contributed by atoms with Gasteiger partial charge in [0.25, 0.3) is 11.8 Å². The Balaban J connectivity index is 1.81. The minimum Gasteiger partial charge on any atom is -0.372 e. The third-order valence-corrected chi connectivity index (χ3v) is 3.91. The van der Waals surface area contributed by atoms with Crippen LogP contribution in [0, 0.1) is 0 Å². The van der Waals surface area contributed by atoms with Gasteiger partial charge in [-0.25, -0.2) is 4.98 Å². The average molecular weight is 340 g/mol. The summed E-state index contributed by atoms with van der Waals surface area (Å²) in [4.78, 5) is 34.8. The first-order valence-corrected chi connectivity index (χ1v) is 8.15. The highest BCUT2D eigenvalue weighted by atomic mass is 16.5. The minimum atomic E-state index is -0.405. The standard InChI is InChI=1S/C18H20N4O3/c1-12-10-22(11-13(2)25-12)18(24)14-5-3-4-6-15(14)21-17(23)16-9-19-7-8-20-16/h3-9,12-13H,10-11H2,1-2H3,(H,21,23). The lowest BCUT2D eigenvalue weighted by Gasteiger charge is -2.35. The molecule has 2 amide bonds. The molecule has 2 aromatic rings. The lowest BCUT2D eigenvalue weighted by atomic mass is 10.1. The van der Waals surface area contributed by atoms with E-state index in [0.29, 0.717) is 24.3 Å². The van der Waals surface area contributed by atoms with Gasteiger partial charge in [-0.2, -0.15) is 0 Å². The van der Waals surface area contributed by atoms with Crippen molar-refractivity contribution < 1.29 is 14.3 Å². The topological polar surface area (TPSA) is 84.4 Å². The number of morpholine rings is 1. The number of hydrogen-bond donors (Lipinski definition) is 1. The van der Waals surface area contributed by atoms with Gasteiger partial charge < -0.3 is 15.0 Å². The largest absolute Gasteiger partial charge is 0.372 e. The molecule has 0 bridgehead atoms. The van der Waals surface area contributed by atoms with E-state index in [0.717, 1.165) is 0 Å². The number of carbonyl (C=O) groups excluding carboxylic acids is 2. The van der Waals surface area contributed by atoms with Gasteiger partial charge >= 0.3 is 0 Å². The predicted molar refractivity (Wildman–Crippen MR) is 92.3 cm³/mol. The fourth-order valence-electron chi connectivity index (χ4n) is 2.90. The number of hydrogen-bond acceptors (Lipinski definition) is 5. The van der Waals surface area contributed by atoms with E-state index >= 15 is 0 Å². The second kappa shape index (κ2) is 7.40. The number of amides is 2. The number of benzene rings is 1. The van der Waals surface area contributed by atoms with Crippen LogP contribution in [0.5, 0.6) is 0 Å². The highest BCUT2D eigenvalue weighted by molar-refractivity contribution is 6.08. The van der Waals surface area contributed by atoms with Gasteiger partial charge in [-0.3, -0.25) is 14.6 Å². The van der Waals surface area contributed by atoms with E-state index in [-0.39, 0.29) is 23.8 Å². The molecule has 0 aliphatic carbocycles. The van der Waals surface area contributed by atoms with Crippen LogP contribution in [0.4, 0.5) is 5.69 Å². The van der Waals surface area contributed by atoms with Crippen LogP contribution in [-0.2, 0) is 4.74 Å². The van der Waals surface area contributed by atoms with E-state index in [9.17, 15) is 9.59 Å². The molecule has 0 radical (unpaired) electrons. The normalized spacial score (nSPS) is 20.2. The molecule has 2 heterocycles. The Morgan fingerprint density at radius 2 is 1.88 bits per heavy atom. The average Bonchev–Trinajstić information content (AvgIpc) is 2.61. The summed E-state index contributed by atoms with van der Waals surface area (Å²) < 4.78 is 5.68. The molecule has 3 rings (SSSR count). The van der Waals surface area contributed by atoms with Crippen LogP contribution in [0.1, 0.15) is 34.7 Å². The third-order valence-electron chi connectivity index (χ3n) is 3.91. The predicted octanol–water partition coefficient (Wildman–Crippen LogP) is 1.98. The summed E-state index contributed by atoms with van der Waals surface area (Å²) in [7, 11) is 0. The lowest BCUT2D eigenvalue weighted by Crippen LogP contribution is -2.48.